The smallest absolute Gasteiger partial charge is 0.269 e. The Hall–Kier alpha value is -1.93. The van der Waals surface area contributed by atoms with Crippen LogP contribution in [0.5, 0.6) is 0 Å². The molecule has 0 unspecified atom stereocenters. The first-order valence-electron chi connectivity index (χ1n) is 4.71. The van der Waals surface area contributed by atoms with Gasteiger partial charge in [0, 0.05) is 7.05 Å². The summed E-state index contributed by atoms with van der Waals surface area (Å²) in [7, 11) is 3.21. The molecule has 0 saturated carbocycles. The average Bonchev–Trinajstić information content (AvgIpc) is 2.30. The van der Waals surface area contributed by atoms with Crippen molar-refractivity contribution in [2.75, 3.05) is 20.6 Å². The van der Waals surface area contributed by atoms with Crippen LogP contribution in [0, 0.1) is 17.8 Å². The number of aromatic nitrogens is 1. The van der Waals surface area contributed by atoms with Gasteiger partial charge in [0.05, 0.1) is 12.1 Å². The van der Waals surface area contributed by atoms with Crippen LogP contribution in [0.25, 0.3) is 0 Å². The van der Waals surface area contributed by atoms with Crippen molar-refractivity contribution in [3.63, 3.8) is 0 Å². The molecule has 84 valence electrons. The number of rotatable bonds is 2. The summed E-state index contributed by atoms with van der Waals surface area (Å²) >= 11 is 0. The lowest BCUT2D eigenvalue weighted by molar-refractivity contribution is 0.0957. The van der Waals surface area contributed by atoms with Gasteiger partial charge in [-0.1, -0.05) is 11.8 Å². The maximum Gasteiger partial charge on any atom is 0.269 e. The molecule has 0 saturated heterocycles. The number of nitrogens with one attached hydrogen (secondary N) is 2. The molecule has 1 aromatic heterocycles. The number of carbonyl (C=O) groups excluding carboxylic acids is 1. The number of amides is 1. The first kappa shape index (κ1) is 12.1. The fourth-order valence-electron chi connectivity index (χ4n) is 1.01. The van der Waals surface area contributed by atoms with Crippen molar-refractivity contribution in [2.45, 2.75) is 0 Å². The van der Waals surface area contributed by atoms with E-state index in [0.29, 0.717) is 6.54 Å². The molecule has 2 N–H and O–H groups in total. The summed E-state index contributed by atoms with van der Waals surface area (Å²) in [4.78, 5) is 14.7. The minimum Gasteiger partial charge on any atom is -0.354 e. The van der Waals surface area contributed by atoms with Crippen LogP contribution < -0.4 is 10.6 Å². The van der Waals surface area contributed by atoms with Gasteiger partial charge in [0.15, 0.2) is 0 Å². The van der Waals surface area contributed by atoms with Crippen LogP contribution in [0.15, 0.2) is 12.1 Å². The number of hydrogen-bond acceptors (Lipinski definition) is 3. The molecule has 1 rings (SSSR count). The first-order valence-corrected chi connectivity index (χ1v) is 4.71. The fraction of sp³-hybridized carbons (Fsp3) is 0.273. The molecule has 5 heteroatoms. The topological polar surface area (TPSA) is 54.0 Å². The lowest BCUT2D eigenvalue weighted by atomic mass is 10.2. The van der Waals surface area contributed by atoms with Crippen molar-refractivity contribution in [1.29, 1.82) is 0 Å². The molecule has 0 bridgehead atoms. The summed E-state index contributed by atoms with van der Waals surface area (Å²) in [5.41, 5.74) is 0.224. The van der Waals surface area contributed by atoms with Crippen LogP contribution in [-0.2, 0) is 0 Å². The lowest BCUT2D eigenvalue weighted by Crippen LogP contribution is -2.19. The molecule has 1 heterocycles. The van der Waals surface area contributed by atoms with Gasteiger partial charge in [0.1, 0.15) is 5.69 Å². The maximum absolute atomic E-state index is 13.4. The van der Waals surface area contributed by atoms with Crippen molar-refractivity contribution in [3.05, 3.63) is 29.3 Å². The molecular weight excluding hydrogens is 209 g/mol. The summed E-state index contributed by atoms with van der Waals surface area (Å²) in [6.07, 6.45) is 0. The zero-order chi connectivity index (χ0) is 12.0. The van der Waals surface area contributed by atoms with Gasteiger partial charge in [0.25, 0.3) is 5.91 Å². The molecule has 1 amide bonds. The maximum atomic E-state index is 13.4. The molecule has 0 atom stereocenters. The highest BCUT2D eigenvalue weighted by Crippen LogP contribution is 2.04. The highest BCUT2D eigenvalue weighted by Gasteiger charge is 2.08. The van der Waals surface area contributed by atoms with Crippen molar-refractivity contribution < 1.29 is 9.18 Å². The van der Waals surface area contributed by atoms with Crippen LogP contribution >= 0.6 is 0 Å². The second-order valence-corrected chi connectivity index (χ2v) is 2.95. The highest BCUT2D eigenvalue weighted by atomic mass is 19.1. The third-order valence-electron chi connectivity index (χ3n) is 1.80. The zero-order valence-corrected chi connectivity index (χ0v) is 9.10. The molecule has 0 fully saturated rings. The van der Waals surface area contributed by atoms with E-state index < -0.39 is 11.9 Å². The summed E-state index contributed by atoms with van der Waals surface area (Å²) < 4.78 is 13.4. The van der Waals surface area contributed by atoms with Gasteiger partial charge in [-0.05, 0) is 19.2 Å². The summed E-state index contributed by atoms with van der Waals surface area (Å²) in [5.74, 6) is 4.18. The highest BCUT2D eigenvalue weighted by molar-refractivity contribution is 5.92. The summed E-state index contributed by atoms with van der Waals surface area (Å²) in [6, 6.07) is 2.88. The van der Waals surface area contributed by atoms with Gasteiger partial charge in [-0.15, -0.1) is 0 Å². The number of halogens is 1. The van der Waals surface area contributed by atoms with Gasteiger partial charge >= 0.3 is 0 Å². The standard InChI is InChI=1S/C11H12FN3O/c1-13-7-3-4-8-5-6-9(11(16)14-2)15-10(8)12/h5-6,13H,7H2,1-2H3,(H,14,16). The molecule has 0 spiro atoms. The van der Waals surface area contributed by atoms with E-state index in [1.807, 2.05) is 0 Å². The van der Waals surface area contributed by atoms with Gasteiger partial charge in [-0.3, -0.25) is 4.79 Å². The fourth-order valence-corrected chi connectivity index (χ4v) is 1.01. The van der Waals surface area contributed by atoms with E-state index in [1.54, 1.807) is 7.05 Å². The summed E-state index contributed by atoms with van der Waals surface area (Å²) in [5, 5.41) is 5.18. The minimum atomic E-state index is -0.732. The number of nitrogens with zero attached hydrogens (tertiary/aromatic N) is 1. The molecule has 1 aromatic rings. The van der Waals surface area contributed by atoms with Crippen LogP contribution in [0.2, 0.25) is 0 Å². The van der Waals surface area contributed by atoms with Crippen molar-refractivity contribution >= 4 is 5.91 Å². The van der Waals surface area contributed by atoms with Gasteiger partial charge in [-0.2, -0.15) is 4.39 Å². The normalized spacial score (nSPS) is 9.19. The van der Waals surface area contributed by atoms with E-state index in [2.05, 4.69) is 27.5 Å². The van der Waals surface area contributed by atoms with Crippen LogP contribution in [0.1, 0.15) is 16.1 Å². The minimum absolute atomic E-state index is 0.0409. The molecule has 0 aliphatic rings. The van der Waals surface area contributed by atoms with Crippen LogP contribution in [0.4, 0.5) is 4.39 Å². The van der Waals surface area contributed by atoms with E-state index in [0.717, 1.165) is 0 Å². The second-order valence-electron chi connectivity index (χ2n) is 2.95. The molecule has 0 aromatic carbocycles. The van der Waals surface area contributed by atoms with Crippen molar-refractivity contribution in [1.82, 2.24) is 15.6 Å². The Morgan fingerprint density at radius 1 is 1.50 bits per heavy atom. The predicted molar refractivity (Wildman–Crippen MR) is 58.4 cm³/mol. The van der Waals surface area contributed by atoms with E-state index in [9.17, 15) is 9.18 Å². The van der Waals surface area contributed by atoms with Crippen molar-refractivity contribution in [2.24, 2.45) is 0 Å². The molecule has 0 radical (unpaired) electrons. The monoisotopic (exact) mass is 221 g/mol. The first-order chi connectivity index (χ1) is 7.69. The lowest BCUT2D eigenvalue weighted by Gasteiger charge is -1.99. The van der Waals surface area contributed by atoms with Crippen LogP contribution in [0.3, 0.4) is 0 Å². The third-order valence-corrected chi connectivity index (χ3v) is 1.80. The Labute approximate surface area is 93.3 Å². The average molecular weight is 221 g/mol. The van der Waals surface area contributed by atoms with Gasteiger partial charge < -0.3 is 10.6 Å². The van der Waals surface area contributed by atoms with E-state index >= 15 is 0 Å². The Balaban J connectivity index is 2.93. The van der Waals surface area contributed by atoms with Crippen molar-refractivity contribution in [3.8, 4) is 11.8 Å². The Bertz CT molecular complexity index is 448. The largest absolute Gasteiger partial charge is 0.354 e. The molecular formula is C11H12FN3O. The number of pyridine rings is 1. The second kappa shape index (κ2) is 5.83. The SMILES string of the molecule is CNCC#Cc1ccc(C(=O)NC)nc1F. The Morgan fingerprint density at radius 3 is 2.81 bits per heavy atom. The van der Waals surface area contributed by atoms with E-state index in [1.165, 1.54) is 19.2 Å². The number of carbonyl (C=O) groups is 1. The Kier molecular flexibility index (Phi) is 4.42. The summed E-state index contributed by atoms with van der Waals surface area (Å²) in [6.45, 7) is 0.469. The zero-order valence-electron chi connectivity index (χ0n) is 9.10. The molecule has 0 aliphatic carbocycles. The molecule has 4 nitrogen and oxygen atoms in total. The van der Waals surface area contributed by atoms with Gasteiger partial charge in [0.2, 0.25) is 5.95 Å². The molecule has 16 heavy (non-hydrogen) atoms. The number of hydrogen-bond donors (Lipinski definition) is 2. The van der Waals surface area contributed by atoms with Gasteiger partial charge in [-0.25, -0.2) is 4.98 Å². The predicted octanol–water partition coefficient (Wildman–Crippen LogP) is 0.151. The van der Waals surface area contributed by atoms with Crippen LogP contribution in [-0.4, -0.2) is 31.5 Å². The molecule has 0 aliphatic heterocycles. The Morgan fingerprint density at radius 2 is 2.25 bits per heavy atom. The quantitative estimate of drug-likeness (QED) is 0.552. The van der Waals surface area contributed by atoms with E-state index in [4.69, 9.17) is 0 Å². The third kappa shape index (κ3) is 3.04. The van der Waals surface area contributed by atoms with E-state index in [-0.39, 0.29) is 11.3 Å².